The van der Waals surface area contributed by atoms with Crippen molar-refractivity contribution in [3.63, 3.8) is 0 Å². The third-order valence-corrected chi connectivity index (χ3v) is 6.54. The van der Waals surface area contributed by atoms with Crippen LogP contribution in [-0.2, 0) is 4.79 Å². The Morgan fingerprint density at radius 3 is 2.70 bits per heavy atom. The first-order valence-corrected chi connectivity index (χ1v) is 10.6. The van der Waals surface area contributed by atoms with Crippen molar-refractivity contribution >= 4 is 44.0 Å². The number of benzene rings is 2. The van der Waals surface area contributed by atoms with Crippen molar-refractivity contribution in [2.24, 2.45) is 0 Å². The number of fused-ring (bicyclic) bond motifs is 1. The zero-order chi connectivity index (χ0) is 21.3. The van der Waals surface area contributed by atoms with Gasteiger partial charge in [0.15, 0.2) is 5.13 Å². The van der Waals surface area contributed by atoms with Gasteiger partial charge in [0.1, 0.15) is 0 Å². The second kappa shape index (κ2) is 8.37. The van der Waals surface area contributed by atoms with Gasteiger partial charge in [0.25, 0.3) is 5.69 Å². The highest BCUT2D eigenvalue weighted by Gasteiger charge is 2.22. The summed E-state index contributed by atoms with van der Waals surface area (Å²) in [4.78, 5) is 32.0. The minimum absolute atomic E-state index is 0.00977. The van der Waals surface area contributed by atoms with Gasteiger partial charge in [0.05, 0.1) is 21.7 Å². The number of nitro groups is 1. The molecule has 0 saturated carbocycles. The van der Waals surface area contributed by atoms with Crippen molar-refractivity contribution in [1.82, 2.24) is 9.88 Å². The van der Waals surface area contributed by atoms with Gasteiger partial charge in [-0.2, -0.15) is 0 Å². The molecule has 2 aromatic carbocycles. The van der Waals surface area contributed by atoms with Crippen LogP contribution < -0.4 is 10.2 Å². The Hall–Kier alpha value is -3.04. The number of amides is 1. The highest BCUT2D eigenvalue weighted by Crippen LogP contribution is 2.31. The fourth-order valence-electron chi connectivity index (χ4n) is 3.53. The molecule has 0 aliphatic carbocycles. The Balaban J connectivity index is 1.34. The normalized spacial score (nSPS) is 14.8. The van der Waals surface area contributed by atoms with E-state index in [0.717, 1.165) is 58.3 Å². The third kappa shape index (κ3) is 4.27. The summed E-state index contributed by atoms with van der Waals surface area (Å²) in [5.41, 5.74) is 3.96. The van der Waals surface area contributed by atoms with Gasteiger partial charge < -0.3 is 10.2 Å². The van der Waals surface area contributed by atoms with E-state index in [2.05, 4.69) is 20.1 Å². The monoisotopic (exact) mass is 425 g/mol. The predicted molar refractivity (Wildman–Crippen MR) is 119 cm³/mol. The number of aromatic nitrogens is 1. The topological polar surface area (TPSA) is 91.6 Å². The van der Waals surface area contributed by atoms with Gasteiger partial charge in [-0.1, -0.05) is 23.5 Å². The molecule has 2 heterocycles. The number of piperazine rings is 1. The molecule has 0 bridgehead atoms. The van der Waals surface area contributed by atoms with Gasteiger partial charge in [-0.25, -0.2) is 4.98 Å². The molecule has 30 heavy (non-hydrogen) atoms. The van der Waals surface area contributed by atoms with Crippen LogP contribution in [0.25, 0.3) is 10.2 Å². The summed E-state index contributed by atoms with van der Waals surface area (Å²) in [7, 11) is 0. The van der Waals surface area contributed by atoms with E-state index in [0.29, 0.717) is 6.54 Å². The van der Waals surface area contributed by atoms with E-state index in [1.165, 1.54) is 17.4 Å². The zero-order valence-corrected chi connectivity index (χ0v) is 17.7. The van der Waals surface area contributed by atoms with Crippen LogP contribution in [0.5, 0.6) is 0 Å². The lowest BCUT2D eigenvalue weighted by Gasteiger charge is -2.34. The summed E-state index contributed by atoms with van der Waals surface area (Å²) in [6, 6.07) is 10.7. The number of anilines is 2. The third-order valence-electron chi connectivity index (χ3n) is 5.46. The molecule has 0 unspecified atom stereocenters. The van der Waals surface area contributed by atoms with Gasteiger partial charge in [-0.3, -0.25) is 19.8 Å². The summed E-state index contributed by atoms with van der Waals surface area (Å²) in [6.45, 7) is 7.44. The first-order chi connectivity index (χ1) is 14.4. The minimum atomic E-state index is -0.388. The lowest BCUT2D eigenvalue weighted by atomic mass is 10.1. The number of aryl methyl sites for hydroxylation is 1. The molecule has 3 aromatic rings. The number of carbonyl (C=O) groups is 1. The maximum absolute atomic E-state index is 12.5. The number of thiazole rings is 1. The van der Waals surface area contributed by atoms with Crippen LogP contribution >= 0.6 is 11.3 Å². The molecule has 9 heteroatoms. The average Bonchev–Trinajstić information content (AvgIpc) is 3.15. The van der Waals surface area contributed by atoms with E-state index >= 15 is 0 Å². The van der Waals surface area contributed by atoms with E-state index in [1.807, 2.05) is 32.0 Å². The van der Waals surface area contributed by atoms with Crippen molar-refractivity contribution in [3.8, 4) is 0 Å². The van der Waals surface area contributed by atoms with E-state index in [-0.39, 0.29) is 16.5 Å². The Morgan fingerprint density at radius 2 is 1.97 bits per heavy atom. The molecule has 0 radical (unpaired) electrons. The Kier molecular flexibility index (Phi) is 5.65. The standard InChI is InChI=1S/C21H23N5O3S/c1-14-4-3-5-17(15(14)2)22-20(27)13-24-8-10-25(11-9-24)21-23-18-7-6-16(26(28)29)12-19(18)30-21/h3-7,12H,8-11,13H2,1-2H3,(H,22,27). The predicted octanol–water partition coefficient (Wildman–Crippen LogP) is 3.58. The molecule has 1 aliphatic heterocycles. The molecule has 156 valence electrons. The van der Waals surface area contributed by atoms with Gasteiger partial charge in [0.2, 0.25) is 5.91 Å². The molecular formula is C21H23N5O3S. The molecule has 4 rings (SSSR count). The van der Waals surface area contributed by atoms with E-state index in [9.17, 15) is 14.9 Å². The van der Waals surface area contributed by atoms with Crippen molar-refractivity contribution in [3.05, 3.63) is 57.6 Å². The Labute approximate surface area is 178 Å². The lowest BCUT2D eigenvalue weighted by molar-refractivity contribution is -0.384. The summed E-state index contributed by atoms with van der Waals surface area (Å²) in [5, 5.41) is 14.8. The van der Waals surface area contributed by atoms with Crippen LogP contribution in [0.1, 0.15) is 11.1 Å². The molecule has 1 fully saturated rings. The van der Waals surface area contributed by atoms with Gasteiger partial charge in [-0.05, 0) is 37.1 Å². The largest absolute Gasteiger partial charge is 0.345 e. The number of hydrogen-bond acceptors (Lipinski definition) is 7. The van der Waals surface area contributed by atoms with Crippen LogP contribution in [0.15, 0.2) is 36.4 Å². The summed E-state index contributed by atoms with van der Waals surface area (Å²) < 4.78 is 0.814. The number of rotatable bonds is 5. The van der Waals surface area contributed by atoms with Crippen LogP contribution in [0, 0.1) is 24.0 Å². The fourth-order valence-corrected chi connectivity index (χ4v) is 4.58. The molecule has 0 spiro atoms. The minimum Gasteiger partial charge on any atom is -0.345 e. The molecule has 1 aromatic heterocycles. The highest BCUT2D eigenvalue weighted by molar-refractivity contribution is 7.22. The first-order valence-electron chi connectivity index (χ1n) is 9.79. The van der Waals surface area contributed by atoms with Crippen molar-refractivity contribution in [2.75, 3.05) is 42.9 Å². The number of nitro benzene ring substituents is 1. The van der Waals surface area contributed by atoms with Crippen LogP contribution in [0.3, 0.4) is 0 Å². The SMILES string of the molecule is Cc1cccc(NC(=O)CN2CCN(c3nc4ccc([N+](=O)[O-])cc4s3)CC2)c1C. The Morgan fingerprint density at radius 1 is 1.20 bits per heavy atom. The number of nitrogens with one attached hydrogen (secondary N) is 1. The second-order valence-corrected chi connectivity index (χ2v) is 8.47. The van der Waals surface area contributed by atoms with Crippen molar-refractivity contribution < 1.29 is 9.72 Å². The molecular weight excluding hydrogens is 402 g/mol. The number of non-ortho nitro benzene ring substituents is 1. The fraction of sp³-hybridized carbons (Fsp3) is 0.333. The van der Waals surface area contributed by atoms with Gasteiger partial charge >= 0.3 is 0 Å². The first kappa shape index (κ1) is 20.2. The molecule has 1 amide bonds. The maximum atomic E-state index is 12.5. The summed E-state index contributed by atoms with van der Waals surface area (Å²) in [6.07, 6.45) is 0. The zero-order valence-electron chi connectivity index (χ0n) is 16.9. The molecule has 0 atom stereocenters. The molecule has 1 N–H and O–H groups in total. The van der Waals surface area contributed by atoms with Gasteiger partial charge in [0, 0.05) is 44.0 Å². The second-order valence-electron chi connectivity index (χ2n) is 7.46. The average molecular weight is 426 g/mol. The van der Waals surface area contributed by atoms with E-state index in [1.54, 1.807) is 12.1 Å². The van der Waals surface area contributed by atoms with Crippen LogP contribution in [-0.4, -0.2) is 53.4 Å². The lowest BCUT2D eigenvalue weighted by Crippen LogP contribution is -2.48. The van der Waals surface area contributed by atoms with Crippen molar-refractivity contribution in [1.29, 1.82) is 0 Å². The highest BCUT2D eigenvalue weighted by atomic mass is 32.1. The maximum Gasteiger partial charge on any atom is 0.270 e. The van der Waals surface area contributed by atoms with E-state index in [4.69, 9.17) is 0 Å². The number of nitrogens with zero attached hydrogens (tertiary/aromatic N) is 4. The van der Waals surface area contributed by atoms with Crippen LogP contribution in [0.2, 0.25) is 0 Å². The quantitative estimate of drug-likeness (QED) is 0.496. The van der Waals surface area contributed by atoms with E-state index < -0.39 is 0 Å². The Bertz CT molecular complexity index is 1110. The van der Waals surface area contributed by atoms with Crippen LogP contribution in [0.4, 0.5) is 16.5 Å². The molecule has 1 aliphatic rings. The smallest absolute Gasteiger partial charge is 0.270 e. The van der Waals surface area contributed by atoms with Crippen molar-refractivity contribution in [2.45, 2.75) is 13.8 Å². The summed E-state index contributed by atoms with van der Waals surface area (Å²) >= 11 is 1.47. The number of hydrogen-bond donors (Lipinski definition) is 1. The molecule has 1 saturated heterocycles. The number of carbonyl (C=O) groups excluding carboxylic acids is 1. The van der Waals surface area contributed by atoms with Gasteiger partial charge in [-0.15, -0.1) is 0 Å². The summed E-state index contributed by atoms with van der Waals surface area (Å²) in [5.74, 6) is -0.00977. The molecule has 8 nitrogen and oxygen atoms in total.